The van der Waals surface area contributed by atoms with Crippen LogP contribution in [0.3, 0.4) is 0 Å². The van der Waals surface area contributed by atoms with Crippen LogP contribution in [0.5, 0.6) is 0 Å². The van der Waals surface area contributed by atoms with E-state index in [9.17, 15) is 18.0 Å². The molecule has 1 aromatic carbocycles. The van der Waals surface area contributed by atoms with Gasteiger partial charge in [0.2, 0.25) is 10.0 Å². The molecule has 0 bridgehead atoms. The lowest BCUT2D eigenvalue weighted by atomic mass is 10.0. The number of sulfonamides is 1. The number of rotatable bonds is 8. The summed E-state index contributed by atoms with van der Waals surface area (Å²) in [5, 5.41) is 5.22. The molecule has 1 aliphatic heterocycles. The predicted octanol–water partition coefficient (Wildman–Crippen LogP) is 2.21. The van der Waals surface area contributed by atoms with Gasteiger partial charge in [-0.15, -0.1) is 0 Å². The molecule has 0 radical (unpaired) electrons. The molecule has 1 fully saturated rings. The zero-order valence-corrected chi connectivity index (χ0v) is 18.4. The van der Waals surface area contributed by atoms with E-state index in [1.807, 2.05) is 20.8 Å². The van der Waals surface area contributed by atoms with E-state index in [2.05, 4.69) is 10.6 Å². The highest BCUT2D eigenvalue weighted by atomic mass is 32.2. The highest BCUT2D eigenvalue weighted by molar-refractivity contribution is 7.89. The van der Waals surface area contributed by atoms with Gasteiger partial charge in [-0.1, -0.05) is 38.0 Å². The van der Waals surface area contributed by atoms with E-state index < -0.39 is 21.8 Å². The number of benzene rings is 1. The molecule has 8 heteroatoms. The monoisotopic (exact) mass is 423 g/mol. The van der Waals surface area contributed by atoms with Gasteiger partial charge in [-0.2, -0.15) is 4.31 Å². The maximum absolute atomic E-state index is 13.1. The Morgan fingerprint density at radius 2 is 1.69 bits per heavy atom. The fraction of sp³-hybridized carbons (Fsp3) is 0.619. The molecule has 2 N–H and O–H groups in total. The van der Waals surface area contributed by atoms with Crippen LogP contribution in [0, 0.1) is 12.8 Å². The molecular formula is C21H33N3O4S. The summed E-state index contributed by atoms with van der Waals surface area (Å²) in [7, 11) is -3.57. The third kappa shape index (κ3) is 6.82. The summed E-state index contributed by atoms with van der Waals surface area (Å²) in [6.45, 7) is 7.22. The number of aryl methyl sites for hydroxylation is 1. The Kier molecular flexibility index (Phi) is 8.64. The number of carbonyl (C=O) groups is 2. The molecule has 162 valence electrons. The second kappa shape index (κ2) is 10.7. The van der Waals surface area contributed by atoms with Crippen molar-refractivity contribution in [1.82, 2.24) is 14.9 Å². The van der Waals surface area contributed by atoms with Crippen LogP contribution in [0.25, 0.3) is 0 Å². The third-order valence-electron chi connectivity index (χ3n) is 5.18. The normalized spacial score (nSPS) is 17.9. The quantitative estimate of drug-likeness (QED) is 0.627. The average Bonchev–Trinajstić information content (AvgIpc) is 2.68. The molecule has 2 amide bonds. The Labute approximate surface area is 174 Å². The summed E-state index contributed by atoms with van der Waals surface area (Å²) in [4.78, 5) is 24.0. The van der Waals surface area contributed by atoms with Crippen LogP contribution in [-0.2, 0) is 19.6 Å². The minimum absolute atomic E-state index is 0.181. The molecule has 7 nitrogen and oxygen atoms in total. The molecule has 0 saturated carbocycles. The lowest BCUT2D eigenvalue weighted by molar-refractivity contribution is -0.139. The third-order valence-corrected chi connectivity index (χ3v) is 7.14. The van der Waals surface area contributed by atoms with Crippen molar-refractivity contribution in [3.63, 3.8) is 0 Å². The fourth-order valence-electron chi connectivity index (χ4n) is 3.41. The Morgan fingerprint density at radius 1 is 1.07 bits per heavy atom. The van der Waals surface area contributed by atoms with Crippen LogP contribution < -0.4 is 10.6 Å². The van der Waals surface area contributed by atoms with Crippen molar-refractivity contribution in [2.45, 2.75) is 63.8 Å². The highest BCUT2D eigenvalue weighted by Crippen LogP contribution is 2.27. The number of nitrogens with one attached hydrogen (secondary N) is 2. The molecule has 29 heavy (non-hydrogen) atoms. The predicted molar refractivity (Wildman–Crippen MR) is 113 cm³/mol. The topological polar surface area (TPSA) is 95.6 Å². The number of nitrogens with zero attached hydrogens (tertiary/aromatic N) is 1. The SMILES string of the molecule is Cc1ccc(S(=O)(=O)N2CCCC[C@H]2CCNC(=O)C(=O)NCCC(C)C)cc1. The Hall–Kier alpha value is -1.93. The first-order valence-corrected chi connectivity index (χ1v) is 11.8. The van der Waals surface area contributed by atoms with Gasteiger partial charge in [0.25, 0.3) is 0 Å². The zero-order chi connectivity index (χ0) is 21.4. The number of carbonyl (C=O) groups excluding carboxylic acids is 2. The standard InChI is InChI=1S/C21H33N3O4S/c1-16(2)11-13-22-20(25)21(26)23-14-12-18-6-4-5-15-24(18)29(27,28)19-9-7-17(3)8-10-19/h7-10,16,18H,4-6,11-15H2,1-3H3,(H,22,25)(H,23,26)/t18-/m0/s1. The molecular weight excluding hydrogens is 390 g/mol. The van der Waals surface area contributed by atoms with E-state index in [0.29, 0.717) is 30.3 Å². The maximum atomic E-state index is 13.1. The summed E-state index contributed by atoms with van der Waals surface area (Å²) >= 11 is 0. The van der Waals surface area contributed by atoms with Gasteiger partial charge in [0.15, 0.2) is 0 Å². The van der Waals surface area contributed by atoms with Crippen LogP contribution in [0.1, 0.15) is 51.5 Å². The fourth-order valence-corrected chi connectivity index (χ4v) is 5.14. The summed E-state index contributed by atoms with van der Waals surface area (Å²) in [6.07, 6.45) is 3.82. The molecule has 0 spiro atoms. The lowest BCUT2D eigenvalue weighted by Gasteiger charge is -2.34. The summed E-state index contributed by atoms with van der Waals surface area (Å²) in [5.74, 6) is -0.859. The second-order valence-electron chi connectivity index (χ2n) is 8.06. The Morgan fingerprint density at radius 3 is 2.31 bits per heavy atom. The van der Waals surface area contributed by atoms with Gasteiger partial charge in [0.1, 0.15) is 0 Å². The first kappa shape index (κ1) is 23.3. The smallest absolute Gasteiger partial charge is 0.309 e. The molecule has 1 heterocycles. The zero-order valence-electron chi connectivity index (χ0n) is 17.6. The molecule has 1 aromatic rings. The summed E-state index contributed by atoms with van der Waals surface area (Å²) < 4.78 is 27.7. The average molecular weight is 424 g/mol. The van der Waals surface area contributed by atoms with Gasteiger partial charge in [-0.05, 0) is 50.7 Å². The molecule has 0 aliphatic carbocycles. The maximum Gasteiger partial charge on any atom is 0.309 e. The van der Waals surface area contributed by atoms with Gasteiger partial charge >= 0.3 is 11.8 Å². The van der Waals surface area contributed by atoms with Crippen LogP contribution in [0.4, 0.5) is 0 Å². The van der Waals surface area contributed by atoms with Crippen LogP contribution >= 0.6 is 0 Å². The van der Waals surface area contributed by atoms with E-state index >= 15 is 0 Å². The van der Waals surface area contributed by atoms with Crippen molar-refractivity contribution in [3.05, 3.63) is 29.8 Å². The highest BCUT2D eigenvalue weighted by Gasteiger charge is 2.33. The molecule has 1 atom stereocenters. The van der Waals surface area contributed by atoms with Crippen molar-refractivity contribution in [1.29, 1.82) is 0 Å². The number of hydrogen-bond donors (Lipinski definition) is 2. The second-order valence-corrected chi connectivity index (χ2v) is 9.95. The van der Waals surface area contributed by atoms with Crippen molar-refractivity contribution in [2.24, 2.45) is 5.92 Å². The number of piperidine rings is 1. The van der Waals surface area contributed by atoms with Gasteiger partial charge in [-0.25, -0.2) is 8.42 Å². The van der Waals surface area contributed by atoms with Crippen LogP contribution in [-0.4, -0.2) is 50.2 Å². The van der Waals surface area contributed by atoms with Gasteiger partial charge in [-0.3, -0.25) is 9.59 Å². The molecule has 2 rings (SSSR count). The molecule has 1 aliphatic rings. The molecule has 0 unspecified atom stereocenters. The minimum Gasteiger partial charge on any atom is -0.348 e. The van der Waals surface area contributed by atoms with E-state index in [0.717, 1.165) is 31.2 Å². The van der Waals surface area contributed by atoms with Gasteiger partial charge in [0, 0.05) is 25.7 Å². The van der Waals surface area contributed by atoms with Crippen molar-refractivity contribution in [2.75, 3.05) is 19.6 Å². The lowest BCUT2D eigenvalue weighted by Crippen LogP contribution is -2.46. The van der Waals surface area contributed by atoms with Crippen LogP contribution in [0.15, 0.2) is 29.2 Å². The number of amides is 2. The molecule has 1 saturated heterocycles. The number of hydrogen-bond acceptors (Lipinski definition) is 4. The first-order chi connectivity index (χ1) is 13.7. The minimum atomic E-state index is -3.57. The Bertz CT molecular complexity index is 791. The summed E-state index contributed by atoms with van der Waals surface area (Å²) in [6, 6.07) is 6.69. The largest absolute Gasteiger partial charge is 0.348 e. The first-order valence-electron chi connectivity index (χ1n) is 10.4. The van der Waals surface area contributed by atoms with Gasteiger partial charge < -0.3 is 10.6 Å². The molecule has 0 aromatic heterocycles. The van der Waals surface area contributed by atoms with Crippen molar-refractivity contribution >= 4 is 21.8 Å². The van der Waals surface area contributed by atoms with Gasteiger partial charge in [0.05, 0.1) is 4.90 Å². The van der Waals surface area contributed by atoms with E-state index in [4.69, 9.17) is 0 Å². The summed E-state index contributed by atoms with van der Waals surface area (Å²) in [5.41, 5.74) is 1.01. The van der Waals surface area contributed by atoms with Crippen LogP contribution in [0.2, 0.25) is 0 Å². The van der Waals surface area contributed by atoms with E-state index in [1.165, 1.54) is 0 Å². The Balaban J connectivity index is 1.90. The van der Waals surface area contributed by atoms with E-state index in [1.54, 1.807) is 28.6 Å². The van der Waals surface area contributed by atoms with E-state index in [-0.39, 0.29) is 12.6 Å². The van der Waals surface area contributed by atoms with Crippen molar-refractivity contribution < 1.29 is 18.0 Å². The van der Waals surface area contributed by atoms with Crippen molar-refractivity contribution in [3.8, 4) is 0 Å².